The second-order valence-electron chi connectivity index (χ2n) is 3.62. The number of hydrogen-bond acceptors (Lipinski definition) is 2. The van der Waals surface area contributed by atoms with Crippen molar-refractivity contribution in [3.8, 4) is 12.3 Å². The van der Waals surface area contributed by atoms with Gasteiger partial charge in [-0.3, -0.25) is 4.55 Å². The van der Waals surface area contributed by atoms with Crippen LogP contribution >= 0.6 is 0 Å². The van der Waals surface area contributed by atoms with Crippen molar-refractivity contribution in [2.24, 2.45) is 0 Å². The fourth-order valence-corrected chi connectivity index (χ4v) is 2.10. The highest BCUT2D eigenvalue weighted by atomic mass is 32.2. The predicted octanol–water partition coefficient (Wildman–Crippen LogP) is 2.37. The number of aryl methyl sites for hydroxylation is 1. The normalized spacial score (nSPS) is 13.1. The second kappa shape index (κ2) is 4.69. The van der Waals surface area contributed by atoms with Gasteiger partial charge in [-0.2, -0.15) is 8.42 Å². The smallest absolute Gasteiger partial charge is 0.282 e. The molecule has 1 rings (SSSR count). The van der Waals surface area contributed by atoms with Gasteiger partial charge in [-0.05, 0) is 36.6 Å². The summed E-state index contributed by atoms with van der Waals surface area (Å²) in [6, 6.07) is 4.47. The van der Waals surface area contributed by atoms with Crippen LogP contribution in [0.5, 0.6) is 0 Å². The summed E-state index contributed by atoms with van der Waals surface area (Å²) in [5, 5.41) is 0. The molecule has 0 saturated carbocycles. The molecule has 0 aromatic heterocycles. The predicted molar refractivity (Wildman–Crippen MR) is 62.9 cm³/mol. The van der Waals surface area contributed by atoms with Gasteiger partial charge in [-0.1, -0.05) is 18.9 Å². The molecule has 3 nitrogen and oxygen atoms in total. The van der Waals surface area contributed by atoms with Crippen LogP contribution in [-0.2, 0) is 10.1 Å². The molecule has 0 aliphatic heterocycles. The first kappa shape index (κ1) is 12.8. The quantitative estimate of drug-likeness (QED) is 0.649. The number of rotatable bonds is 3. The van der Waals surface area contributed by atoms with Crippen molar-refractivity contribution in [1.82, 2.24) is 0 Å². The van der Waals surface area contributed by atoms with E-state index in [9.17, 15) is 8.42 Å². The number of benzene rings is 1. The molecule has 0 amide bonds. The summed E-state index contributed by atoms with van der Waals surface area (Å²) in [6.45, 7) is 3.80. The highest BCUT2D eigenvalue weighted by Gasteiger charge is 2.15. The van der Waals surface area contributed by atoms with Crippen molar-refractivity contribution in [3.63, 3.8) is 0 Å². The summed E-state index contributed by atoms with van der Waals surface area (Å²) in [5.74, 6) is 2.49. The van der Waals surface area contributed by atoms with E-state index in [2.05, 4.69) is 5.92 Å². The summed E-state index contributed by atoms with van der Waals surface area (Å²) in [7, 11) is -4.16. The van der Waals surface area contributed by atoms with Crippen LogP contribution in [0.4, 0.5) is 0 Å². The van der Waals surface area contributed by atoms with Gasteiger partial charge in [-0.25, -0.2) is 0 Å². The average molecular weight is 238 g/mol. The molecule has 1 atom stereocenters. The second-order valence-corrected chi connectivity index (χ2v) is 5.04. The minimum Gasteiger partial charge on any atom is -0.282 e. The van der Waals surface area contributed by atoms with E-state index in [1.165, 1.54) is 12.1 Å². The summed E-state index contributed by atoms with van der Waals surface area (Å²) in [4.78, 5) is -0.109. The Hall–Kier alpha value is -1.31. The molecular formula is C12H14O3S. The molecule has 1 aromatic rings. The maximum absolute atomic E-state index is 11.0. The summed E-state index contributed by atoms with van der Waals surface area (Å²) in [5.41, 5.74) is 1.71. The molecule has 0 heterocycles. The Morgan fingerprint density at radius 2 is 2.12 bits per heavy atom. The first-order valence-corrected chi connectivity index (χ1v) is 6.38. The lowest BCUT2D eigenvalue weighted by Crippen LogP contribution is -2.03. The fourth-order valence-electron chi connectivity index (χ4n) is 1.58. The van der Waals surface area contributed by atoms with Gasteiger partial charge in [-0.15, -0.1) is 6.42 Å². The molecule has 1 unspecified atom stereocenters. The van der Waals surface area contributed by atoms with E-state index in [-0.39, 0.29) is 10.8 Å². The summed E-state index contributed by atoms with van der Waals surface area (Å²) < 4.78 is 31.0. The van der Waals surface area contributed by atoms with Crippen LogP contribution in [0.2, 0.25) is 0 Å². The van der Waals surface area contributed by atoms with Crippen LogP contribution in [0.3, 0.4) is 0 Å². The fraction of sp³-hybridized carbons (Fsp3) is 0.333. The van der Waals surface area contributed by atoms with Crippen molar-refractivity contribution in [1.29, 1.82) is 0 Å². The largest absolute Gasteiger partial charge is 0.294 e. The van der Waals surface area contributed by atoms with E-state index in [0.29, 0.717) is 0 Å². The molecule has 0 saturated heterocycles. The minimum atomic E-state index is -4.16. The Kier molecular flexibility index (Phi) is 3.74. The van der Waals surface area contributed by atoms with Crippen LogP contribution in [-0.4, -0.2) is 13.0 Å². The molecule has 0 aliphatic rings. The summed E-state index contributed by atoms with van der Waals surface area (Å²) >= 11 is 0. The number of terminal acetylenes is 1. The van der Waals surface area contributed by atoms with Gasteiger partial charge in [0.15, 0.2) is 0 Å². The van der Waals surface area contributed by atoms with Crippen LogP contribution in [0.15, 0.2) is 23.1 Å². The van der Waals surface area contributed by atoms with E-state index in [4.69, 9.17) is 11.0 Å². The standard InChI is InChI=1S/C12H14O3S/c1-4-10(5-2)12-8-11(16(13,14)15)7-6-9(12)3/h1,6-8,10H,5H2,2-3H3,(H,13,14,15). The van der Waals surface area contributed by atoms with Crippen LogP contribution in [0, 0.1) is 19.3 Å². The Labute approximate surface area is 96.2 Å². The van der Waals surface area contributed by atoms with Gasteiger partial charge < -0.3 is 0 Å². The van der Waals surface area contributed by atoms with Crippen LogP contribution in [0.1, 0.15) is 30.4 Å². The molecule has 0 spiro atoms. The lowest BCUT2D eigenvalue weighted by atomic mass is 9.93. The topological polar surface area (TPSA) is 54.4 Å². The number of hydrogen-bond donors (Lipinski definition) is 1. The molecule has 4 heteroatoms. The van der Waals surface area contributed by atoms with E-state index in [1.807, 2.05) is 13.8 Å². The van der Waals surface area contributed by atoms with Gasteiger partial charge in [0, 0.05) is 5.92 Å². The van der Waals surface area contributed by atoms with Crippen LogP contribution < -0.4 is 0 Å². The van der Waals surface area contributed by atoms with E-state index in [1.54, 1.807) is 6.07 Å². The van der Waals surface area contributed by atoms with E-state index in [0.717, 1.165) is 17.5 Å². The van der Waals surface area contributed by atoms with Crippen molar-refractivity contribution in [2.45, 2.75) is 31.1 Å². The molecule has 1 aromatic carbocycles. The molecule has 16 heavy (non-hydrogen) atoms. The van der Waals surface area contributed by atoms with Crippen molar-refractivity contribution in [3.05, 3.63) is 29.3 Å². The minimum absolute atomic E-state index is 0.109. The molecule has 0 aliphatic carbocycles. The molecule has 0 radical (unpaired) electrons. The zero-order valence-electron chi connectivity index (χ0n) is 9.27. The average Bonchev–Trinajstić information content (AvgIpc) is 2.20. The Morgan fingerprint density at radius 3 is 2.56 bits per heavy atom. The molecule has 86 valence electrons. The zero-order chi connectivity index (χ0) is 12.3. The first-order valence-electron chi connectivity index (χ1n) is 4.94. The third-order valence-corrected chi connectivity index (χ3v) is 3.38. The van der Waals surface area contributed by atoms with Gasteiger partial charge >= 0.3 is 0 Å². The maximum atomic E-state index is 11.0. The van der Waals surface area contributed by atoms with E-state index >= 15 is 0 Å². The zero-order valence-corrected chi connectivity index (χ0v) is 10.1. The van der Waals surface area contributed by atoms with Crippen molar-refractivity contribution in [2.75, 3.05) is 0 Å². The molecule has 1 N–H and O–H groups in total. The van der Waals surface area contributed by atoms with E-state index < -0.39 is 10.1 Å². The maximum Gasteiger partial charge on any atom is 0.294 e. The Morgan fingerprint density at radius 1 is 1.50 bits per heavy atom. The third-order valence-electron chi connectivity index (χ3n) is 2.53. The lowest BCUT2D eigenvalue weighted by Gasteiger charge is -2.12. The Bertz CT molecular complexity index is 524. The third kappa shape index (κ3) is 2.63. The van der Waals surface area contributed by atoms with Crippen molar-refractivity contribution < 1.29 is 13.0 Å². The SMILES string of the molecule is C#CC(CC)c1cc(S(=O)(=O)O)ccc1C. The lowest BCUT2D eigenvalue weighted by molar-refractivity contribution is 0.483. The van der Waals surface area contributed by atoms with Gasteiger partial charge in [0.1, 0.15) is 0 Å². The van der Waals surface area contributed by atoms with Crippen LogP contribution in [0.25, 0.3) is 0 Å². The van der Waals surface area contributed by atoms with Gasteiger partial charge in [0.2, 0.25) is 0 Å². The highest BCUT2D eigenvalue weighted by molar-refractivity contribution is 7.85. The monoisotopic (exact) mass is 238 g/mol. The van der Waals surface area contributed by atoms with Crippen molar-refractivity contribution >= 4 is 10.1 Å². The Balaban J connectivity index is 3.36. The molecular weight excluding hydrogens is 224 g/mol. The molecule has 0 fully saturated rings. The highest BCUT2D eigenvalue weighted by Crippen LogP contribution is 2.25. The molecule has 0 bridgehead atoms. The van der Waals surface area contributed by atoms with Gasteiger partial charge in [0.25, 0.3) is 10.1 Å². The first-order chi connectivity index (χ1) is 7.40. The summed E-state index contributed by atoms with van der Waals surface area (Å²) in [6.07, 6.45) is 6.11. The van der Waals surface area contributed by atoms with Gasteiger partial charge in [0.05, 0.1) is 4.90 Å².